The van der Waals surface area contributed by atoms with Crippen LogP contribution in [-0.2, 0) is 10.0 Å². The summed E-state index contributed by atoms with van der Waals surface area (Å²) in [5.74, 6) is -0.103. The number of H-pyrrole nitrogens is 1. The summed E-state index contributed by atoms with van der Waals surface area (Å²) < 4.78 is 27.4. The van der Waals surface area contributed by atoms with Crippen LogP contribution in [0.4, 0.5) is 0 Å². The molecule has 1 aliphatic heterocycles. The van der Waals surface area contributed by atoms with Gasteiger partial charge in [0.05, 0.1) is 4.34 Å². The minimum absolute atomic E-state index is 0.103. The summed E-state index contributed by atoms with van der Waals surface area (Å²) >= 11 is 6.89. The van der Waals surface area contributed by atoms with E-state index < -0.39 is 10.0 Å². The molecule has 1 saturated heterocycles. The Kier molecular flexibility index (Phi) is 4.77. The monoisotopic (exact) mass is 373 g/mol. The molecular formula is C14H16ClN3O3S2. The number of carbonyl (C=O) groups excluding carboxylic acids is 1. The van der Waals surface area contributed by atoms with E-state index >= 15 is 0 Å². The highest BCUT2D eigenvalue weighted by atomic mass is 35.5. The number of hydrogen-bond donors (Lipinski definition) is 1. The lowest BCUT2D eigenvalue weighted by Gasteiger charge is -2.21. The predicted octanol–water partition coefficient (Wildman–Crippen LogP) is 2.27. The summed E-state index contributed by atoms with van der Waals surface area (Å²) in [4.78, 5) is 16.9. The number of aromatic amines is 1. The highest BCUT2D eigenvalue weighted by molar-refractivity contribution is 7.91. The van der Waals surface area contributed by atoms with Crippen LogP contribution in [0, 0.1) is 0 Å². The molecule has 1 amide bonds. The number of amides is 1. The third kappa shape index (κ3) is 3.45. The standard InChI is InChI=1S/C14H16ClN3O3S2/c15-12-4-5-13(22-12)23(20,21)18-8-2-7-17(9-10-18)14(19)11-3-1-6-16-11/h1,3-6,16H,2,7-10H2. The van der Waals surface area contributed by atoms with Crippen LogP contribution >= 0.6 is 22.9 Å². The summed E-state index contributed by atoms with van der Waals surface area (Å²) in [6.07, 6.45) is 2.30. The van der Waals surface area contributed by atoms with E-state index in [4.69, 9.17) is 11.6 Å². The first-order valence-corrected chi connectivity index (χ1v) is 9.80. The molecule has 23 heavy (non-hydrogen) atoms. The van der Waals surface area contributed by atoms with E-state index in [2.05, 4.69) is 4.98 Å². The summed E-state index contributed by atoms with van der Waals surface area (Å²) in [7, 11) is -3.55. The highest BCUT2D eigenvalue weighted by Gasteiger charge is 2.29. The normalized spacial score (nSPS) is 17.2. The maximum atomic E-state index is 12.6. The SMILES string of the molecule is O=C(c1ccc[nH]1)N1CCCN(S(=O)(=O)c2ccc(Cl)s2)CC1. The molecule has 0 spiro atoms. The van der Waals surface area contributed by atoms with Gasteiger partial charge in [-0.2, -0.15) is 4.31 Å². The molecule has 9 heteroatoms. The second kappa shape index (κ2) is 6.64. The van der Waals surface area contributed by atoms with Crippen LogP contribution in [0.25, 0.3) is 0 Å². The quantitative estimate of drug-likeness (QED) is 0.896. The van der Waals surface area contributed by atoms with Gasteiger partial charge in [0.15, 0.2) is 0 Å². The lowest BCUT2D eigenvalue weighted by molar-refractivity contribution is 0.0759. The third-order valence-corrected chi connectivity index (χ3v) is 7.31. The number of thiophene rings is 1. The molecule has 2 aromatic heterocycles. The fourth-order valence-electron chi connectivity index (χ4n) is 2.53. The zero-order valence-corrected chi connectivity index (χ0v) is 14.6. The van der Waals surface area contributed by atoms with Crippen molar-refractivity contribution < 1.29 is 13.2 Å². The zero-order chi connectivity index (χ0) is 16.4. The van der Waals surface area contributed by atoms with Gasteiger partial charge in [0, 0.05) is 32.4 Å². The smallest absolute Gasteiger partial charge is 0.270 e. The second-order valence-corrected chi connectivity index (χ2v) is 9.07. The number of halogens is 1. The number of aromatic nitrogens is 1. The Balaban J connectivity index is 1.72. The third-order valence-electron chi connectivity index (χ3n) is 3.71. The van der Waals surface area contributed by atoms with Gasteiger partial charge in [0.2, 0.25) is 0 Å². The van der Waals surface area contributed by atoms with Gasteiger partial charge in [0.25, 0.3) is 15.9 Å². The molecule has 2 aromatic rings. The second-order valence-electron chi connectivity index (χ2n) is 5.19. The van der Waals surface area contributed by atoms with Gasteiger partial charge in [-0.1, -0.05) is 11.6 Å². The molecule has 0 radical (unpaired) electrons. The predicted molar refractivity (Wildman–Crippen MR) is 89.4 cm³/mol. The van der Waals surface area contributed by atoms with E-state index in [1.807, 2.05) is 0 Å². The fraction of sp³-hybridized carbons (Fsp3) is 0.357. The molecular weight excluding hydrogens is 358 g/mol. The number of nitrogens with zero attached hydrogens (tertiary/aromatic N) is 2. The summed E-state index contributed by atoms with van der Waals surface area (Å²) in [5.41, 5.74) is 0.520. The van der Waals surface area contributed by atoms with Crippen molar-refractivity contribution in [1.82, 2.24) is 14.2 Å². The molecule has 3 rings (SSSR count). The van der Waals surface area contributed by atoms with Crippen LogP contribution in [-0.4, -0.2) is 54.7 Å². The first-order valence-electron chi connectivity index (χ1n) is 7.16. The van der Waals surface area contributed by atoms with Crippen molar-refractivity contribution in [3.05, 3.63) is 40.5 Å². The number of carbonyl (C=O) groups is 1. The van der Waals surface area contributed by atoms with Crippen molar-refractivity contribution in [2.45, 2.75) is 10.6 Å². The Bertz CT molecular complexity index is 786. The maximum absolute atomic E-state index is 12.6. The Hall–Kier alpha value is -1.35. The Morgan fingerprint density at radius 2 is 2.00 bits per heavy atom. The molecule has 0 unspecified atom stereocenters. The first-order chi connectivity index (χ1) is 11.0. The summed E-state index contributed by atoms with van der Waals surface area (Å²) in [5, 5.41) is 0. The molecule has 6 nitrogen and oxygen atoms in total. The molecule has 0 saturated carbocycles. The van der Waals surface area contributed by atoms with Crippen molar-refractivity contribution in [1.29, 1.82) is 0 Å². The van der Waals surface area contributed by atoms with Crippen LogP contribution in [0.3, 0.4) is 0 Å². The Labute approximate surface area is 143 Å². The van der Waals surface area contributed by atoms with Crippen LogP contribution in [0.1, 0.15) is 16.9 Å². The Morgan fingerprint density at radius 1 is 1.17 bits per heavy atom. The molecule has 1 fully saturated rings. The minimum Gasteiger partial charge on any atom is -0.357 e. The van der Waals surface area contributed by atoms with E-state index in [1.165, 1.54) is 10.4 Å². The lowest BCUT2D eigenvalue weighted by Crippen LogP contribution is -2.37. The van der Waals surface area contributed by atoms with Crippen molar-refractivity contribution in [3.63, 3.8) is 0 Å². The van der Waals surface area contributed by atoms with Gasteiger partial charge in [0.1, 0.15) is 9.90 Å². The van der Waals surface area contributed by atoms with Crippen molar-refractivity contribution in [2.75, 3.05) is 26.2 Å². The molecule has 3 heterocycles. The van der Waals surface area contributed by atoms with Gasteiger partial charge in [-0.05, 0) is 30.7 Å². The summed E-state index contributed by atoms with van der Waals surface area (Å²) in [6.45, 7) is 1.59. The average Bonchev–Trinajstić information content (AvgIpc) is 3.13. The van der Waals surface area contributed by atoms with E-state index in [1.54, 1.807) is 29.3 Å². The molecule has 124 valence electrons. The fourth-order valence-corrected chi connectivity index (χ4v) is 5.64. The first kappa shape index (κ1) is 16.5. The van der Waals surface area contributed by atoms with E-state index in [9.17, 15) is 13.2 Å². The largest absolute Gasteiger partial charge is 0.357 e. The minimum atomic E-state index is -3.55. The van der Waals surface area contributed by atoms with Crippen molar-refractivity contribution >= 4 is 38.9 Å². The van der Waals surface area contributed by atoms with Crippen LogP contribution in [0.2, 0.25) is 4.34 Å². The average molecular weight is 374 g/mol. The topological polar surface area (TPSA) is 73.5 Å². The molecule has 0 aromatic carbocycles. The lowest BCUT2D eigenvalue weighted by atomic mass is 10.3. The number of rotatable bonds is 3. The number of nitrogens with one attached hydrogen (secondary N) is 1. The zero-order valence-electron chi connectivity index (χ0n) is 12.2. The number of sulfonamides is 1. The van der Waals surface area contributed by atoms with Crippen LogP contribution < -0.4 is 0 Å². The maximum Gasteiger partial charge on any atom is 0.270 e. The molecule has 1 aliphatic rings. The Morgan fingerprint density at radius 3 is 2.65 bits per heavy atom. The molecule has 0 aliphatic carbocycles. The number of hydrogen-bond acceptors (Lipinski definition) is 4. The van der Waals surface area contributed by atoms with Crippen LogP contribution in [0.5, 0.6) is 0 Å². The molecule has 0 atom stereocenters. The highest BCUT2D eigenvalue weighted by Crippen LogP contribution is 2.28. The van der Waals surface area contributed by atoms with Gasteiger partial charge >= 0.3 is 0 Å². The van der Waals surface area contributed by atoms with Crippen LogP contribution in [0.15, 0.2) is 34.7 Å². The molecule has 0 bridgehead atoms. The summed E-state index contributed by atoms with van der Waals surface area (Å²) in [6, 6.07) is 6.59. The van der Waals surface area contributed by atoms with Crippen molar-refractivity contribution in [2.24, 2.45) is 0 Å². The van der Waals surface area contributed by atoms with E-state index in [-0.39, 0.29) is 16.7 Å². The van der Waals surface area contributed by atoms with Crippen molar-refractivity contribution in [3.8, 4) is 0 Å². The molecule has 1 N–H and O–H groups in total. The van der Waals surface area contributed by atoms with Gasteiger partial charge in [-0.3, -0.25) is 4.79 Å². The van der Waals surface area contributed by atoms with Gasteiger partial charge in [-0.15, -0.1) is 11.3 Å². The van der Waals surface area contributed by atoms with Gasteiger partial charge in [-0.25, -0.2) is 8.42 Å². The van der Waals surface area contributed by atoms with E-state index in [0.717, 1.165) is 11.3 Å². The van der Waals surface area contributed by atoms with Gasteiger partial charge < -0.3 is 9.88 Å². The van der Waals surface area contributed by atoms with E-state index in [0.29, 0.717) is 36.1 Å².